The second-order valence-corrected chi connectivity index (χ2v) is 8.05. The molecule has 146 valence electrons. The van der Waals surface area contributed by atoms with Crippen molar-refractivity contribution in [2.24, 2.45) is 0 Å². The zero-order chi connectivity index (χ0) is 21.1. The zero-order valence-corrected chi connectivity index (χ0v) is 17.8. The van der Waals surface area contributed by atoms with Gasteiger partial charge in [-0.05, 0) is 60.8 Å². The van der Waals surface area contributed by atoms with Crippen LogP contribution < -0.4 is 10.2 Å². The van der Waals surface area contributed by atoms with Gasteiger partial charge in [0.25, 0.3) is 11.8 Å². The lowest BCUT2D eigenvalue weighted by Crippen LogP contribution is -2.54. The van der Waals surface area contributed by atoms with Crippen LogP contribution in [0.3, 0.4) is 0 Å². The van der Waals surface area contributed by atoms with E-state index in [4.69, 9.17) is 23.8 Å². The van der Waals surface area contributed by atoms with Crippen LogP contribution >= 0.6 is 35.2 Å². The molecule has 1 aromatic heterocycles. The van der Waals surface area contributed by atoms with Gasteiger partial charge in [0.05, 0.1) is 5.69 Å². The van der Waals surface area contributed by atoms with E-state index in [1.54, 1.807) is 30.3 Å². The molecule has 1 aliphatic heterocycles. The van der Waals surface area contributed by atoms with Gasteiger partial charge in [-0.2, -0.15) is 0 Å². The molecular weight excluding hydrogens is 436 g/mol. The molecule has 4 rings (SSSR count). The maximum absolute atomic E-state index is 13.0. The third-order valence-electron chi connectivity index (χ3n) is 4.22. The highest BCUT2D eigenvalue weighted by atomic mass is 35.5. The van der Waals surface area contributed by atoms with Gasteiger partial charge in [0.1, 0.15) is 5.57 Å². The van der Waals surface area contributed by atoms with Crippen LogP contribution in [0.1, 0.15) is 16.0 Å². The van der Waals surface area contributed by atoms with Crippen molar-refractivity contribution in [3.05, 3.63) is 92.6 Å². The number of hydrogen-bond acceptors (Lipinski definition) is 4. The minimum Gasteiger partial charge on any atom is -0.298 e. The number of rotatable bonds is 2. The van der Waals surface area contributed by atoms with E-state index in [-0.39, 0.29) is 10.7 Å². The van der Waals surface area contributed by atoms with Crippen LogP contribution in [0.25, 0.3) is 6.08 Å². The summed E-state index contributed by atoms with van der Waals surface area (Å²) < 4.78 is 0. The number of halogens is 1. The van der Waals surface area contributed by atoms with Crippen molar-refractivity contribution in [2.45, 2.75) is 0 Å². The Bertz CT molecular complexity index is 1240. The summed E-state index contributed by atoms with van der Waals surface area (Å²) in [6.07, 6.45) is 1.56. The Morgan fingerprint density at radius 1 is 1.00 bits per heavy atom. The lowest BCUT2D eigenvalue weighted by Gasteiger charge is -2.28. The van der Waals surface area contributed by atoms with Crippen molar-refractivity contribution < 1.29 is 9.59 Å². The van der Waals surface area contributed by atoms with E-state index in [0.717, 1.165) is 16.0 Å². The zero-order valence-electron chi connectivity index (χ0n) is 15.4. The quantitative estimate of drug-likeness (QED) is 0.269. The molecule has 0 bridgehead atoms. The van der Waals surface area contributed by atoms with Crippen LogP contribution in [0.5, 0.6) is 0 Å². The molecule has 0 aliphatic carbocycles. The van der Waals surface area contributed by atoms with E-state index in [9.17, 15) is 9.59 Å². The number of amides is 2. The van der Waals surface area contributed by atoms with Crippen molar-refractivity contribution in [3.63, 3.8) is 0 Å². The number of carbonyl (C=O) groups is 2. The first-order valence-corrected chi connectivity index (χ1v) is 10.5. The van der Waals surface area contributed by atoms with Crippen LogP contribution in [-0.2, 0) is 9.59 Å². The molecule has 7 heteroatoms. The average Bonchev–Trinajstić information content (AvgIpc) is 3.19. The van der Waals surface area contributed by atoms with Crippen LogP contribution in [0.4, 0.5) is 5.69 Å². The molecule has 30 heavy (non-hydrogen) atoms. The van der Waals surface area contributed by atoms with Crippen LogP contribution in [0.15, 0.2) is 71.6 Å². The fraction of sp³-hybridized carbons (Fsp3) is 0. The molecule has 2 aromatic carbocycles. The summed E-state index contributed by atoms with van der Waals surface area (Å²) in [5, 5.41) is 5.02. The molecule has 0 spiro atoms. The first-order valence-electron chi connectivity index (χ1n) is 8.84. The molecule has 2 heterocycles. The van der Waals surface area contributed by atoms with Crippen molar-refractivity contribution in [1.29, 1.82) is 0 Å². The molecule has 1 fully saturated rings. The number of benzene rings is 2. The molecule has 3 aromatic rings. The lowest BCUT2D eigenvalue weighted by molar-refractivity contribution is -0.122. The number of nitrogens with one attached hydrogen (secondary N) is 1. The number of nitrogens with zero attached hydrogens (tertiary/aromatic N) is 1. The maximum Gasteiger partial charge on any atom is 0.270 e. The van der Waals surface area contributed by atoms with Gasteiger partial charge in [0, 0.05) is 26.4 Å². The third kappa shape index (κ3) is 4.34. The smallest absolute Gasteiger partial charge is 0.270 e. The Balaban J connectivity index is 1.61. The van der Waals surface area contributed by atoms with Gasteiger partial charge >= 0.3 is 0 Å². The molecule has 0 saturated carbocycles. The third-order valence-corrected chi connectivity index (χ3v) is 5.63. The predicted octanol–water partition coefficient (Wildman–Crippen LogP) is 4.63. The normalized spacial score (nSPS) is 15.0. The number of anilines is 1. The van der Waals surface area contributed by atoms with E-state index < -0.39 is 11.8 Å². The minimum absolute atomic E-state index is 0.00275. The molecule has 1 aliphatic rings. The Hall–Kier alpha value is -3.24. The van der Waals surface area contributed by atoms with Crippen molar-refractivity contribution in [3.8, 4) is 11.8 Å². The average molecular weight is 449 g/mol. The molecule has 1 N–H and O–H groups in total. The van der Waals surface area contributed by atoms with E-state index in [0.29, 0.717) is 10.7 Å². The number of thiocarbonyl (C=S) groups is 1. The summed E-state index contributed by atoms with van der Waals surface area (Å²) >= 11 is 12.5. The molecule has 0 atom stereocenters. The molecular formula is C23H13ClN2O2S2. The van der Waals surface area contributed by atoms with E-state index in [1.807, 2.05) is 41.8 Å². The van der Waals surface area contributed by atoms with Gasteiger partial charge in [0.15, 0.2) is 5.11 Å². The maximum atomic E-state index is 13.0. The number of hydrogen-bond donors (Lipinski definition) is 1. The topological polar surface area (TPSA) is 49.4 Å². The van der Waals surface area contributed by atoms with E-state index in [2.05, 4.69) is 17.2 Å². The molecule has 0 unspecified atom stereocenters. The highest BCUT2D eigenvalue weighted by molar-refractivity contribution is 7.80. The van der Waals surface area contributed by atoms with Gasteiger partial charge in [-0.1, -0.05) is 41.6 Å². The predicted molar refractivity (Wildman–Crippen MR) is 124 cm³/mol. The summed E-state index contributed by atoms with van der Waals surface area (Å²) in [6, 6.07) is 18.2. The summed E-state index contributed by atoms with van der Waals surface area (Å²) in [5.74, 6) is 5.16. The molecule has 0 radical (unpaired) electrons. The SMILES string of the molecule is O=C1NC(=S)N(c2ccc(Cl)cc2)C(=O)/C1=C/c1cc(C#Cc2ccccc2)cs1. The molecule has 4 nitrogen and oxygen atoms in total. The van der Waals surface area contributed by atoms with Crippen molar-refractivity contribution >= 4 is 63.8 Å². The van der Waals surface area contributed by atoms with Gasteiger partial charge < -0.3 is 0 Å². The summed E-state index contributed by atoms with van der Waals surface area (Å²) in [6.45, 7) is 0. The fourth-order valence-electron chi connectivity index (χ4n) is 2.78. The Kier molecular flexibility index (Phi) is 5.77. The van der Waals surface area contributed by atoms with Crippen LogP contribution in [0, 0.1) is 11.8 Å². The first-order chi connectivity index (χ1) is 14.5. The molecule has 2 amide bonds. The minimum atomic E-state index is -0.527. The van der Waals surface area contributed by atoms with Gasteiger partial charge in [0.2, 0.25) is 0 Å². The lowest BCUT2D eigenvalue weighted by atomic mass is 10.1. The van der Waals surface area contributed by atoms with Crippen LogP contribution in [-0.4, -0.2) is 16.9 Å². The standard InChI is InChI=1S/C23H13ClN2O2S2/c24-17-8-10-18(11-9-17)26-22(28)20(21(27)25-23(26)29)13-19-12-16(14-30-19)7-6-15-4-2-1-3-5-15/h1-5,8-14H,(H,25,27,29)/b20-13+. The van der Waals surface area contributed by atoms with Gasteiger partial charge in [-0.15, -0.1) is 11.3 Å². The number of thiophene rings is 1. The summed E-state index contributed by atoms with van der Waals surface area (Å²) in [7, 11) is 0. The van der Waals surface area contributed by atoms with Gasteiger partial charge in [-0.25, -0.2) is 0 Å². The second kappa shape index (κ2) is 8.64. The van der Waals surface area contributed by atoms with Gasteiger partial charge in [-0.3, -0.25) is 19.8 Å². The molecule has 1 saturated heterocycles. The van der Waals surface area contributed by atoms with Crippen molar-refractivity contribution in [2.75, 3.05) is 4.90 Å². The first kappa shape index (κ1) is 20.0. The highest BCUT2D eigenvalue weighted by Crippen LogP contribution is 2.25. The van der Waals surface area contributed by atoms with E-state index in [1.165, 1.54) is 16.2 Å². The Labute approximate surface area is 187 Å². The van der Waals surface area contributed by atoms with E-state index >= 15 is 0 Å². The second-order valence-electron chi connectivity index (χ2n) is 6.29. The highest BCUT2D eigenvalue weighted by Gasteiger charge is 2.34. The fourth-order valence-corrected chi connectivity index (χ4v) is 3.96. The summed E-state index contributed by atoms with van der Waals surface area (Å²) in [4.78, 5) is 27.4. The monoisotopic (exact) mass is 448 g/mol. The summed E-state index contributed by atoms with van der Waals surface area (Å²) in [5.41, 5.74) is 2.26. The Morgan fingerprint density at radius 3 is 2.43 bits per heavy atom. The van der Waals surface area contributed by atoms with Crippen molar-refractivity contribution in [1.82, 2.24) is 5.32 Å². The number of carbonyl (C=O) groups excluding carboxylic acids is 2. The largest absolute Gasteiger partial charge is 0.298 e. The van der Waals surface area contributed by atoms with Crippen LogP contribution in [0.2, 0.25) is 5.02 Å². The Morgan fingerprint density at radius 2 is 1.70 bits per heavy atom.